The number of hydrogen-bond donors (Lipinski definition) is 1. The third-order valence-electron chi connectivity index (χ3n) is 6.43. The zero-order valence-electron chi connectivity index (χ0n) is 22.1. The zero-order valence-corrected chi connectivity index (χ0v) is 22.1. The number of hydrogen-bond acceptors (Lipinski definition) is 6. The van der Waals surface area contributed by atoms with Crippen molar-refractivity contribution >= 4 is 28.3 Å². The van der Waals surface area contributed by atoms with E-state index in [0.29, 0.717) is 41.0 Å². The molecule has 38 heavy (non-hydrogen) atoms. The van der Waals surface area contributed by atoms with Crippen LogP contribution < -0.4 is 16.4 Å². The highest BCUT2D eigenvalue weighted by Gasteiger charge is 2.26. The molecule has 0 radical (unpaired) electrons. The minimum atomic E-state index is -1.23. The van der Waals surface area contributed by atoms with Gasteiger partial charge in [0, 0.05) is 19.0 Å². The second-order valence-corrected chi connectivity index (χ2v) is 9.58. The molecule has 0 aliphatic carbocycles. The molecule has 0 unspecified atom stereocenters. The summed E-state index contributed by atoms with van der Waals surface area (Å²) in [5.74, 6) is -1.17. The maximum Gasteiger partial charge on any atom is 0.360 e. The predicted molar refractivity (Wildman–Crippen MR) is 145 cm³/mol. The van der Waals surface area contributed by atoms with E-state index in [-0.39, 0.29) is 16.9 Å². The number of anilines is 1. The van der Waals surface area contributed by atoms with Crippen LogP contribution in [0.4, 0.5) is 5.69 Å². The first kappa shape index (κ1) is 26.6. The van der Waals surface area contributed by atoms with E-state index in [2.05, 4.69) is 10.4 Å². The van der Waals surface area contributed by atoms with Gasteiger partial charge in [0.1, 0.15) is 5.69 Å². The quantitative estimate of drug-likeness (QED) is 0.358. The number of esters is 1. The lowest BCUT2D eigenvalue weighted by molar-refractivity contribution is -0.123. The number of aromatic nitrogens is 4. The fourth-order valence-corrected chi connectivity index (χ4v) is 4.12. The summed E-state index contributed by atoms with van der Waals surface area (Å²) in [6, 6.07) is 15.7. The van der Waals surface area contributed by atoms with Crippen molar-refractivity contribution in [2.45, 2.75) is 46.8 Å². The summed E-state index contributed by atoms with van der Waals surface area (Å²) in [4.78, 5) is 52.1. The molecule has 0 saturated carbocycles. The van der Waals surface area contributed by atoms with Crippen LogP contribution in [0.1, 0.15) is 43.4 Å². The van der Waals surface area contributed by atoms with Crippen molar-refractivity contribution in [3.8, 4) is 5.69 Å². The molecule has 0 saturated heterocycles. The molecular weight excluding hydrogens is 486 g/mol. The Kier molecular flexibility index (Phi) is 7.61. The van der Waals surface area contributed by atoms with Crippen molar-refractivity contribution in [3.63, 3.8) is 0 Å². The lowest BCUT2D eigenvalue weighted by Gasteiger charge is -2.15. The standard InChI is InChI=1S/C28H31N5O5/c1-17(2)15-16-32-26(35)22-14-10-9-13-21(22)24(30-32)28(37)38-19(4)25(34)29-23-18(3)31(5)33(27(23)36)20-11-7-6-8-12-20/h6-14,17,19H,15-16H2,1-5H3,(H,29,34)/t19-/m1/s1. The van der Waals surface area contributed by atoms with E-state index in [1.807, 2.05) is 32.0 Å². The first-order chi connectivity index (χ1) is 18.1. The van der Waals surface area contributed by atoms with Gasteiger partial charge in [0.25, 0.3) is 17.0 Å². The Bertz CT molecular complexity index is 1610. The Morgan fingerprint density at radius 1 is 0.947 bits per heavy atom. The highest BCUT2D eigenvalue weighted by atomic mass is 16.5. The van der Waals surface area contributed by atoms with E-state index in [4.69, 9.17) is 4.74 Å². The van der Waals surface area contributed by atoms with Crippen molar-refractivity contribution in [1.82, 2.24) is 19.1 Å². The van der Waals surface area contributed by atoms with Crippen LogP contribution >= 0.6 is 0 Å². The number of nitrogens with zero attached hydrogens (tertiary/aromatic N) is 4. The largest absolute Gasteiger partial charge is 0.448 e. The number of nitrogens with one attached hydrogen (secondary N) is 1. The molecule has 1 N–H and O–H groups in total. The smallest absolute Gasteiger partial charge is 0.360 e. The number of rotatable bonds is 8. The number of carbonyl (C=O) groups excluding carboxylic acids is 2. The van der Waals surface area contributed by atoms with Crippen molar-refractivity contribution in [1.29, 1.82) is 0 Å². The minimum Gasteiger partial charge on any atom is -0.448 e. The van der Waals surface area contributed by atoms with E-state index in [0.717, 1.165) is 0 Å². The van der Waals surface area contributed by atoms with E-state index in [1.165, 1.54) is 16.3 Å². The fraction of sp³-hybridized carbons (Fsp3) is 0.321. The molecule has 1 amide bonds. The number of carbonyl (C=O) groups is 2. The number of benzene rings is 2. The van der Waals surface area contributed by atoms with Gasteiger partial charge in [-0.1, -0.05) is 50.2 Å². The van der Waals surface area contributed by atoms with E-state index in [9.17, 15) is 19.2 Å². The Morgan fingerprint density at radius 3 is 2.24 bits per heavy atom. The van der Waals surface area contributed by atoms with Crippen molar-refractivity contribution in [2.24, 2.45) is 13.0 Å². The number of aryl methyl sites for hydroxylation is 1. The summed E-state index contributed by atoms with van der Waals surface area (Å²) < 4.78 is 9.80. The van der Waals surface area contributed by atoms with Gasteiger partial charge in [-0.05, 0) is 44.4 Å². The van der Waals surface area contributed by atoms with Crippen LogP contribution in [-0.4, -0.2) is 37.1 Å². The van der Waals surface area contributed by atoms with Crippen molar-refractivity contribution in [3.05, 3.63) is 86.7 Å². The molecule has 0 spiro atoms. The molecule has 10 nitrogen and oxygen atoms in total. The van der Waals surface area contributed by atoms with Gasteiger partial charge in [0.2, 0.25) is 0 Å². The predicted octanol–water partition coefficient (Wildman–Crippen LogP) is 3.42. The average Bonchev–Trinajstić information content (AvgIpc) is 3.11. The Labute approximate surface area is 219 Å². The lowest BCUT2D eigenvalue weighted by atomic mass is 10.1. The topological polar surface area (TPSA) is 117 Å². The summed E-state index contributed by atoms with van der Waals surface area (Å²) in [6.45, 7) is 7.54. The van der Waals surface area contributed by atoms with Crippen molar-refractivity contribution in [2.75, 3.05) is 5.32 Å². The van der Waals surface area contributed by atoms with Gasteiger partial charge in [-0.15, -0.1) is 0 Å². The number of fused-ring (bicyclic) bond motifs is 1. The van der Waals surface area contributed by atoms with Crippen LogP contribution in [0.15, 0.2) is 64.2 Å². The van der Waals surface area contributed by atoms with Crippen LogP contribution in [0.3, 0.4) is 0 Å². The van der Waals surface area contributed by atoms with E-state index in [1.54, 1.807) is 55.1 Å². The molecule has 2 aromatic heterocycles. The summed E-state index contributed by atoms with van der Waals surface area (Å²) in [5.41, 5.74) is 0.524. The van der Waals surface area contributed by atoms with Crippen molar-refractivity contribution < 1.29 is 14.3 Å². The molecule has 198 valence electrons. The van der Waals surface area contributed by atoms with Gasteiger partial charge in [-0.25, -0.2) is 14.2 Å². The lowest BCUT2D eigenvalue weighted by Crippen LogP contribution is -2.33. The van der Waals surface area contributed by atoms with Gasteiger partial charge in [-0.3, -0.25) is 19.1 Å². The molecule has 4 rings (SSSR count). The molecule has 0 aliphatic heterocycles. The van der Waals surface area contributed by atoms with E-state index >= 15 is 0 Å². The molecule has 0 bridgehead atoms. The maximum absolute atomic E-state index is 13.2. The molecular formula is C28H31N5O5. The third kappa shape index (κ3) is 5.15. The Hall–Kier alpha value is -4.47. The highest BCUT2D eigenvalue weighted by Crippen LogP contribution is 2.17. The normalized spacial score (nSPS) is 12.1. The van der Waals surface area contributed by atoms with Gasteiger partial charge in [-0.2, -0.15) is 5.10 Å². The minimum absolute atomic E-state index is 0.0501. The number of para-hydroxylation sites is 1. The second-order valence-electron chi connectivity index (χ2n) is 9.58. The molecule has 0 fully saturated rings. The van der Waals surface area contributed by atoms with Gasteiger partial charge in [0.15, 0.2) is 11.8 Å². The third-order valence-corrected chi connectivity index (χ3v) is 6.43. The van der Waals surface area contributed by atoms with Crippen LogP contribution in [0.25, 0.3) is 16.5 Å². The molecule has 4 aromatic rings. The van der Waals surface area contributed by atoms with Crippen LogP contribution in [0, 0.1) is 12.8 Å². The monoisotopic (exact) mass is 517 g/mol. The van der Waals surface area contributed by atoms with Crippen LogP contribution in [0.2, 0.25) is 0 Å². The summed E-state index contributed by atoms with van der Waals surface area (Å²) in [7, 11) is 1.72. The molecule has 0 aliphatic rings. The van der Waals surface area contributed by atoms with Crippen LogP contribution in [0.5, 0.6) is 0 Å². The molecule has 2 aromatic carbocycles. The second kappa shape index (κ2) is 10.9. The molecule has 2 heterocycles. The summed E-state index contributed by atoms with van der Waals surface area (Å²) in [5, 5.41) is 7.59. The van der Waals surface area contributed by atoms with Gasteiger partial charge >= 0.3 is 5.97 Å². The van der Waals surface area contributed by atoms with Gasteiger partial charge in [0.05, 0.1) is 16.8 Å². The average molecular weight is 518 g/mol. The Morgan fingerprint density at radius 2 is 1.58 bits per heavy atom. The summed E-state index contributed by atoms with van der Waals surface area (Å²) >= 11 is 0. The molecule has 10 heteroatoms. The zero-order chi connectivity index (χ0) is 27.6. The summed E-state index contributed by atoms with van der Waals surface area (Å²) in [6.07, 6.45) is -0.529. The fourth-order valence-electron chi connectivity index (χ4n) is 4.12. The SMILES string of the molecule is Cc1c(NC(=O)[C@@H](C)OC(=O)c2nn(CCC(C)C)c(=O)c3ccccc23)c(=O)n(-c2ccccc2)n1C. The van der Waals surface area contributed by atoms with Gasteiger partial charge < -0.3 is 10.1 Å². The maximum atomic E-state index is 13.2. The number of ether oxygens (including phenoxy) is 1. The number of amides is 1. The first-order valence-electron chi connectivity index (χ1n) is 12.5. The van der Waals surface area contributed by atoms with E-state index < -0.39 is 23.5 Å². The first-order valence-corrected chi connectivity index (χ1v) is 12.5. The van der Waals surface area contributed by atoms with Crippen LogP contribution in [-0.2, 0) is 23.1 Å². The Balaban J connectivity index is 1.58. The highest BCUT2D eigenvalue weighted by molar-refractivity contribution is 6.03. The molecule has 1 atom stereocenters.